The molecule has 3 nitrogen and oxygen atoms in total. The van der Waals surface area contributed by atoms with Gasteiger partial charge in [0.05, 0.1) is 6.07 Å². The third kappa shape index (κ3) is 3.64. The largest absolute Gasteiger partial charge is 0.303 e. The number of rotatable bonds is 5. The maximum Gasteiger partial charge on any atom is 0.133 e. The number of likely N-dealkylation sites (tertiary alicyclic amines) is 1. The minimum absolute atomic E-state index is 0.576. The highest BCUT2D eigenvalue weighted by Gasteiger charge is 2.32. The molecule has 3 unspecified atom stereocenters. The van der Waals surface area contributed by atoms with Crippen LogP contribution in [0.15, 0.2) is 30.3 Å². The Morgan fingerprint density at radius 3 is 2.57 bits per heavy atom. The number of hydrogen-bond acceptors (Lipinski definition) is 3. The van der Waals surface area contributed by atoms with E-state index in [1.54, 1.807) is 0 Å². The average Bonchev–Trinajstić information content (AvgIpc) is 2.53. The molecule has 0 radical (unpaired) electrons. The standard InChI is InChI=1S/C18H27N3/c1-15-9-11-21(13-16(15)2)12-10-18(14-19,20-3)17-7-5-4-6-8-17/h4-8,15-16,20H,9-13H2,1-3H3. The van der Waals surface area contributed by atoms with E-state index < -0.39 is 5.54 Å². The molecular weight excluding hydrogens is 258 g/mol. The van der Waals surface area contributed by atoms with Crippen LogP contribution in [0.3, 0.4) is 0 Å². The maximum absolute atomic E-state index is 9.72. The van der Waals surface area contributed by atoms with Gasteiger partial charge < -0.3 is 4.90 Å². The number of hydrogen-bond donors (Lipinski definition) is 1. The van der Waals surface area contributed by atoms with Gasteiger partial charge in [-0.05, 0) is 43.8 Å². The van der Waals surface area contributed by atoms with Gasteiger partial charge in [0, 0.05) is 13.1 Å². The van der Waals surface area contributed by atoms with Crippen molar-refractivity contribution in [3.05, 3.63) is 35.9 Å². The smallest absolute Gasteiger partial charge is 0.133 e. The molecule has 114 valence electrons. The lowest BCUT2D eigenvalue weighted by molar-refractivity contribution is 0.129. The topological polar surface area (TPSA) is 39.1 Å². The fraction of sp³-hybridized carbons (Fsp3) is 0.611. The molecule has 1 heterocycles. The summed E-state index contributed by atoms with van der Waals surface area (Å²) in [5.74, 6) is 1.57. The van der Waals surface area contributed by atoms with Crippen molar-refractivity contribution in [2.45, 2.75) is 32.2 Å². The van der Waals surface area contributed by atoms with E-state index in [2.05, 4.69) is 30.1 Å². The van der Waals surface area contributed by atoms with Gasteiger partial charge in [-0.1, -0.05) is 44.2 Å². The maximum atomic E-state index is 9.72. The van der Waals surface area contributed by atoms with Crippen LogP contribution in [0, 0.1) is 23.2 Å². The SMILES string of the molecule is CNC(C#N)(CCN1CCC(C)C(C)C1)c1ccccc1. The van der Waals surface area contributed by atoms with Crippen LogP contribution < -0.4 is 5.32 Å². The minimum Gasteiger partial charge on any atom is -0.303 e. The van der Waals surface area contributed by atoms with Gasteiger partial charge in [0.15, 0.2) is 0 Å². The van der Waals surface area contributed by atoms with E-state index in [1.165, 1.54) is 6.42 Å². The van der Waals surface area contributed by atoms with Crippen LogP contribution in [0.2, 0.25) is 0 Å². The molecule has 1 aromatic rings. The van der Waals surface area contributed by atoms with Crippen molar-refractivity contribution in [3.8, 4) is 6.07 Å². The van der Waals surface area contributed by atoms with Crippen LogP contribution in [0.25, 0.3) is 0 Å². The molecule has 3 heteroatoms. The molecule has 1 saturated heterocycles. The Morgan fingerprint density at radius 1 is 1.29 bits per heavy atom. The molecule has 0 aromatic heterocycles. The highest BCUT2D eigenvalue weighted by atomic mass is 15.1. The zero-order valence-corrected chi connectivity index (χ0v) is 13.5. The zero-order valence-electron chi connectivity index (χ0n) is 13.5. The van der Waals surface area contributed by atoms with Crippen molar-refractivity contribution in [2.75, 3.05) is 26.7 Å². The van der Waals surface area contributed by atoms with Gasteiger partial charge in [0.1, 0.15) is 5.54 Å². The Hall–Kier alpha value is -1.37. The fourth-order valence-electron chi connectivity index (χ4n) is 3.19. The molecule has 0 bridgehead atoms. The lowest BCUT2D eigenvalue weighted by Crippen LogP contribution is -2.45. The molecule has 1 aliphatic rings. The molecule has 0 amide bonds. The van der Waals surface area contributed by atoms with Gasteiger partial charge in [-0.2, -0.15) is 5.26 Å². The number of nitrogens with one attached hydrogen (secondary N) is 1. The molecule has 21 heavy (non-hydrogen) atoms. The number of piperidine rings is 1. The second-order valence-electron chi connectivity index (χ2n) is 6.43. The number of nitriles is 1. The van der Waals surface area contributed by atoms with Gasteiger partial charge in [0.2, 0.25) is 0 Å². The second kappa shape index (κ2) is 7.06. The van der Waals surface area contributed by atoms with E-state index in [0.29, 0.717) is 0 Å². The molecule has 1 fully saturated rings. The Bertz CT molecular complexity index is 479. The quantitative estimate of drug-likeness (QED) is 0.904. The van der Waals surface area contributed by atoms with Crippen LogP contribution in [-0.4, -0.2) is 31.6 Å². The minimum atomic E-state index is -0.576. The van der Waals surface area contributed by atoms with Gasteiger partial charge >= 0.3 is 0 Å². The van der Waals surface area contributed by atoms with Crippen molar-refractivity contribution in [1.29, 1.82) is 5.26 Å². The molecular formula is C18H27N3. The highest BCUT2D eigenvalue weighted by molar-refractivity contribution is 5.31. The van der Waals surface area contributed by atoms with E-state index in [1.807, 2.05) is 37.4 Å². The first kappa shape index (κ1) is 16.0. The van der Waals surface area contributed by atoms with Crippen molar-refractivity contribution in [1.82, 2.24) is 10.2 Å². The molecule has 1 aromatic carbocycles. The fourth-order valence-corrected chi connectivity index (χ4v) is 3.19. The van der Waals surface area contributed by atoms with Gasteiger partial charge in [-0.25, -0.2) is 0 Å². The Morgan fingerprint density at radius 2 is 2.00 bits per heavy atom. The number of nitrogens with zero attached hydrogens (tertiary/aromatic N) is 2. The average molecular weight is 285 g/mol. The molecule has 3 atom stereocenters. The summed E-state index contributed by atoms with van der Waals surface area (Å²) in [6.07, 6.45) is 2.09. The summed E-state index contributed by atoms with van der Waals surface area (Å²) >= 11 is 0. The van der Waals surface area contributed by atoms with Crippen molar-refractivity contribution in [2.24, 2.45) is 11.8 Å². The zero-order chi connectivity index (χ0) is 15.3. The second-order valence-corrected chi connectivity index (χ2v) is 6.43. The van der Waals surface area contributed by atoms with Crippen LogP contribution >= 0.6 is 0 Å². The van der Waals surface area contributed by atoms with Crippen molar-refractivity contribution < 1.29 is 0 Å². The first-order chi connectivity index (χ1) is 10.1. The molecule has 0 spiro atoms. The molecule has 2 rings (SSSR count). The first-order valence-corrected chi connectivity index (χ1v) is 7.99. The lowest BCUT2D eigenvalue weighted by atomic mass is 9.86. The Kier molecular flexibility index (Phi) is 5.39. The van der Waals surface area contributed by atoms with Crippen molar-refractivity contribution >= 4 is 0 Å². The molecule has 0 aliphatic carbocycles. The summed E-state index contributed by atoms with van der Waals surface area (Å²) in [5, 5.41) is 13.0. The van der Waals surface area contributed by atoms with E-state index in [0.717, 1.165) is 43.5 Å². The van der Waals surface area contributed by atoms with Gasteiger partial charge in [-0.15, -0.1) is 0 Å². The van der Waals surface area contributed by atoms with Crippen molar-refractivity contribution in [3.63, 3.8) is 0 Å². The van der Waals surface area contributed by atoms with Crippen LogP contribution in [0.4, 0.5) is 0 Å². The van der Waals surface area contributed by atoms with Gasteiger partial charge in [0.25, 0.3) is 0 Å². The predicted octanol–water partition coefficient (Wildman–Crippen LogP) is 2.99. The summed E-state index contributed by atoms with van der Waals surface area (Å²) in [7, 11) is 1.89. The van der Waals surface area contributed by atoms with Crippen LogP contribution in [-0.2, 0) is 5.54 Å². The molecule has 1 N–H and O–H groups in total. The van der Waals surface area contributed by atoms with E-state index in [4.69, 9.17) is 0 Å². The molecule has 0 saturated carbocycles. The van der Waals surface area contributed by atoms with E-state index in [9.17, 15) is 5.26 Å². The summed E-state index contributed by atoms with van der Waals surface area (Å²) in [6.45, 7) is 7.97. The first-order valence-electron chi connectivity index (χ1n) is 7.99. The van der Waals surface area contributed by atoms with E-state index in [-0.39, 0.29) is 0 Å². The summed E-state index contributed by atoms with van der Waals surface area (Å²) < 4.78 is 0. The number of benzene rings is 1. The summed E-state index contributed by atoms with van der Waals surface area (Å²) in [5.41, 5.74) is 0.488. The summed E-state index contributed by atoms with van der Waals surface area (Å²) in [4.78, 5) is 2.51. The Labute approximate surface area is 129 Å². The van der Waals surface area contributed by atoms with Gasteiger partial charge in [-0.3, -0.25) is 5.32 Å². The lowest BCUT2D eigenvalue weighted by Gasteiger charge is -2.37. The monoisotopic (exact) mass is 285 g/mol. The third-order valence-electron chi connectivity index (χ3n) is 5.11. The third-order valence-corrected chi connectivity index (χ3v) is 5.11. The normalized spacial score (nSPS) is 26.0. The molecule has 1 aliphatic heterocycles. The summed E-state index contributed by atoms with van der Waals surface area (Å²) in [6, 6.07) is 12.6. The van der Waals surface area contributed by atoms with Crippen LogP contribution in [0.1, 0.15) is 32.3 Å². The predicted molar refractivity (Wildman–Crippen MR) is 86.8 cm³/mol. The van der Waals surface area contributed by atoms with E-state index >= 15 is 0 Å². The Balaban J connectivity index is 2.03. The highest BCUT2D eigenvalue weighted by Crippen LogP contribution is 2.27. The van der Waals surface area contributed by atoms with Crippen LogP contribution in [0.5, 0.6) is 0 Å².